The maximum absolute atomic E-state index is 13.7. The molecule has 2 amide bonds. The Morgan fingerprint density at radius 3 is 2.63 bits per heavy atom. The van der Waals surface area contributed by atoms with E-state index in [1.807, 2.05) is 24.0 Å². The van der Waals surface area contributed by atoms with Gasteiger partial charge in [-0.25, -0.2) is 4.39 Å². The number of carbonyl (C=O) groups is 3. The predicted octanol–water partition coefficient (Wildman–Crippen LogP) is 1.80. The molecule has 1 aromatic rings. The van der Waals surface area contributed by atoms with Crippen molar-refractivity contribution in [2.24, 2.45) is 17.8 Å². The first-order valence-electron chi connectivity index (χ1n) is 9.86. The molecule has 5 nitrogen and oxygen atoms in total. The van der Waals surface area contributed by atoms with Crippen LogP contribution in [0.15, 0.2) is 18.2 Å². The lowest BCUT2D eigenvalue weighted by molar-refractivity contribution is -0.153. The number of likely N-dealkylation sites (tertiary alicyclic amines) is 1. The van der Waals surface area contributed by atoms with E-state index in [1.54, 1.807) is 6.07 Å². The van der Waals surface area contributed by atoms with Gasteiger partial charge in [-0.2, -0.15) is 0 Å². The van der Waals surface area contributed by atoms with Crippen molar-refractivity contribution in [1.29, 1.82) is 0 Å². The van der Waals surface area contributed by atoms with Gasteiger partial charge in [0, 0.05) is 19.5 Å². The number of hydrogen-bond acceptors (Lipinski definition) is 3. The van der Waals surface area contributed by atoms with Crippen LogP contribution in [-0.2, 0) is 20.8 Å². The monoisotopic (exact) mass is 370 g/mol. The van der Waals surface area contributed by atoms with Crippen LogP contribution < -0.4 is 5.32 Å². The van der Waals surface area contributed by atoms with Crippen molar-refractivity contribution >= 4 is 17.6 Å². The SMILES string of the molecule is CCc1cc(C2[C@H]3CN(C(=O)[C@H]4C[C@@]5(CCC(=O)N5)C4=O)C[C@@H]23)ccc1F. The van der Waals surface area contributed by atoms with E-state index in [-0.39, 0.29) is 23.4 Å². The maximum Gasteiger partial charge on any atom is 0.233 e. The molecule has 1 aromatic carbocycles. The molecule has 1 unspecified atom stereocenters. The van der Waals surface area contributed by atoms with E-state index in [0.717, 1.165) is 5.56 Å². The second-order valence-electron chi connectivity index (χ2n) is 8.55. The number of Topliss-reactive ketones (excluding diaryl/α,β-unsaturated/α-hetero) is 1. The molecule has 0 bridgehead atoms. The molecule has 1 spiro atoms. The van der Waals surface area contributed by atoms with Gasteiger partial charge in [-0.05, 0) is 54.2 Å². The summed E-state index contributed by atoms with van der Waals surface area (Å²) in [6.45, 7) is 3.30. The molecule has 5 atom stereocenters. The van der Waals surface area contributed by atoms with E-state index in [4.69, 9.17) is 0 Å². The summed E-state index contributed by atoms with van der Waals surface area (Å²) in [5.74, 6) is 0.214. The van der Waals surface area contributed by atoms with Crippen LogP contribution >= 0.6 is 0 Å². The van der Waals surface area contributed by atoms with Crippen LogP contribution in [0.25, 0.3) is 0 Å². The minimum atomic E-state index is -0.757. The molecule has 2 saturated heterocycles. The Labute approximate surface area is 157 Å². The van der Waals surface area contributed by atoms with E-state index in [2.05, 4.69) is 5.32 Å². The highest BCUT2D eigenvalue weighted by Gasteiger charge is 2.62. The highest BCUT2D eigenvalue weighted by atomic mass is 19.1. The Balaban J connectivity index is 1.21. The molecule has 2 aliphatic carbocycles. The highest BCUT2D eigenvalue weighted by molar-refractivity contribution is 6.13. The standard InChI is InChI=1S/C21H23FN2O3/c1-2-11-7-12(3-4-16(11)22)18-14-9-24(10-15(14)18)20(27)13-8-21(19(13)26)6-5-17(25)23-21/h3-4,7,13-15,18H,2,5-6,8-10H2,1H3,(H,23,25)/t13-,14-,15+,18?,21-/m0/s1. The van der Waals surface area contributed by atoms with Crippen LogP contribution in [0.1, 0.15) is 43.2 Å². The van der Waals surface area contributed by atoms with Gasteiger partial charge in [-0.3, -0.25) is 14.4 Å². The van der Waals surface area contributed by atoms with Crippen LogP contribution in [0.2, 0.25) is 0 Å². The number of halogens is 1. The molecule has 142 valence electrons. The molecule has 1 N–H and O–H groups in total. The molecule has 5 rings (SSSR count). The fraction of sp³-hybridized carbons (Fsp3) is 0.571. The summed E-state index contributed by atoms with van der Waals surface area (Å²) in [5, 5.41) is 2.76. The summed E-state index contributed by atoms with van der Waals surface area (Å²) >= 11 is 0. The van der Waals surface area contributed by atoms with Crippen LogP contribution in [0, 0.1) is 23.6 Å². The predicted molar refractivity (Wildman–Crippen MR) is 95.3 cm³/mol. The minimum absolute atomic E-state index is 0.0777. The number of rotatable bonds is 3. The molecule has 27 heavy (non-hydrogen) atoms. The summed E-state index contributed by atoms with van der Waals surface area (Å²) in [4.78, 5) is 38.5. The Hall–Kier alpha value is -2.24. The zero-order valence-corrected chi connectivity index (χ0v) is 15.3. The van der Waals surface area contributed by atoms with Gasteiger partial charge in [0.15, 0.2) is 5.78 Å². The average Bonchev–Trinajstić information content (AvgIpc) is 2.99. The maximum atomic E-state index is 13.7. The summed E-state index contributed by atoms with van der Waals surface area (Å²) in [5.41, 5.74) is 1.16. The number of amides is 2. The van der Waals surface area contributed by atoms with Crippen molar-refractivity contribution in [3.63, 3.8) is 0 Å². The molecular formula is C21H23FN2O3. The Kier molecular flexibility index (Phi) is 3.52. The van der Waals surface area contributed by atoms with E-state index in [9.17, 15) is 18.8 Å². The number of benzene rings is 1. The highest BCUT2D eigenvalue weighted by Crippen LogP contribution is 2.58. The molecule has 0 aromatic heterocycles. The lowest BCUT2D eigenvalue weighted by atomic mass is 9.65. The van der Waals surface area contributed by atoms with Crippen LogP contribution in [0.5, 0.6) is 0 Å². The van der Waals surface area contributed by atoms with Crippen molar-refractivity contribution in [3.05, 3.63) is 35.1 Å². The third kappa shape index (κ3) is 2.38. The van der Waals surface area contributed by atoms with Crippen molar-refractivity contribution < 1.29 is 18.8 Å². The second-order valence-corrected chi connectivity index (χ2v) is 8.55. The zero-order valence-electron chi connectivity index (χ0n) is 15.3. The Morgan fingerprint density at radius 1 is 1.30 bits per heavy atom. The summed E-state index contributed by atoms with van der Waals surface area (Å²) < 4.78 is 13.7. The fourth-order valence-corrected chi connectivity index (χ4v) is 5.49. The number of carbonyl (C=O) groups excluding carboxylic acids is 3. The van der Waals surface area contributed by atoms with E-state index in [1.165, 1.54) is 5.56 Å². The van der Waals surface area contributed by atoms with Crippen LogP contribution in [0.4, 0.5) is 4.39 Å². The first-order valence-corrected chi connectivity index (χ1v) is 9.86. The van der Waals surface area contributed by atoms with E-state index >= 15 is 0 Å². The number of nitrogens with zero attached hydrogens (tertiary/aromatic N) is 1. The summed E-state index contributed by atoms with van der Waals surface area (Å²) in [7, 11) is 0. The van der Waals surface area contributed by atoms with Gasteiger partial charge in [0.2, 0.25) is 11.8 Å². The topological polar surface area (TPSA) is 66.5 Å². The Morgan fingerprint density at radius 2 is 2.04 bits per heavy atom. The van der Waals surface area contributed by atoms with Gasteiger partial charge < -0.3 is 10.2 Å². The van der Waals surface area contributed by atoms with Gasteiger partial charge >= 0.3 is 0 Å². The second kappa shape index (κ2) is 5.63. The van der Waals surface area contributed by atoms with Gasteiger partial charge in [-0.15, -0.1) is 0 Å². The molecule has 2 aliphatic heterocycles. The third-order valence-electron chi connectivity index (χ3n) is 7.14. The Bertz CT molecular complexity index is 857. The molecule has 4 fully saturated rings. The number of piperidine rings is 1. The average molecular weight is 370 g/mol. The molecule has 4 aliphatic rings. The molecule has 2 heterocycles. The van der Waals surface area contributed by atoms with Gasteiger partial charge in [-0.1, -0.05) is 19.1 Å². The van der Waals surface area contributed by atoms with Crippen molar-refractivity contribution in [1.82, 2.24) is 10.2 Å². The van der Waals surface area contributed by atoms with E-state index < -0.39 is 11.5 Å². The zero-order chi connectivity index (χ0) is 18.9. The van der Waals surface area contributed by atoms with E-state index in [0.29, 0.717) is 56.5 Å². The largest absolute Gasteiger partial charge is 0.343 e. The van der Waals surface area contributed by atoms with Crippen LogP contribution in [0.3, 0.4) is 0 Å². The van der Waals surface area contributed by atoms with Crippen molar-refractivity contribution in [2.45, 2.75) is 44.1 Å². The number of ketones is 1. The summed E-state index contributed by atoms with van der Waals surface area (Å²) in [6.07, 6.45) is 2.02. The molecule has 6 heteroatoms. The molecule has 2 saturated carbocycles. The number of nitrogens with one attached hydrogen (secondary N) is 1. The number of fused-ring (bicyclic) bond motifs is 1. The van der Waals surface area contributed by atoms with Crippen LogP contribution in [-0.4, -0.2) is 41.1 Å². The number of hydrogen-bond donors (Lipinski definition) is 1. The fourth-order valence-electron chi connectivity index (χ4n) is 5.49. The number of aryl methyl sites for hydroxylation is 1. The first-order chi connectivity index (χ1) is 12.9. The minimum Gasteiger partial charge on any atom is -0.343 e. The normalized spacial score (nSPS) is 36.6. The quantitative estimate of drug-likeness (QED) is 0.825. The lowest BCUT2D eigenvalue weighted by Gasteiger charge is -2.43. The lowest BCUT2D eigenvalue weighted by Crippen LogP contribution is -2.65. The smallest absolute Gasteiger partial charge is 0.233 e. The third-order valence-corrected chi connectivity index (χ3v) is 7.14. The molecule has 0 radical (unpaired) electrons. The van der Waals surface area contributed by atoms with Gasteiger partial charge in [0.1, 0.15) is 17.3 Å². The van der Waals surface area contributed by atoms with Crippen molar-refractivity contribution in [2.75, 3.05) is 13.1 Å². The summed E-state index contributed by atoms with van der Waals surface area (Å²) in [6, 6.07) is 5.38. The molecular weight excluding hydrogens is 347 g/mol. The van der Waals surface area contributed by atoms with Gasteiger partial charge in [0.25, 0.3) is 0 Å². The first kappa shape index (κ1) is 16.9. The van der Waals surface area contributed by atoms with Gasteiger partial charge in [0.05, 0.1) is 0 Å². The van der Waals surface area contributed by atoms with Crippen molar-refractivity contribution in [3.8, 4) is 0 Å².